The van der Waals surface area contributed by atoms with E-state index in [9.17, 15) is 14.0 Å². The highest BCUT2D eigenvalue weighted by molar-refractivity contribution is 9.10. The number of ketones is 1. The molecule has 0 radical (unpaired) electrons. The van der Waals surface area contributed by atoms with Crippen molar-refractivity contribution in [1.29, 1.82) is 0 Å². The maximum absolute atomic E-state index is 13.7. The fourth-order valence-corrected chi connectivity index (χ4v) is 2.42. The first-order chi connectivity index (χ1) is 10.0. The highest BCUT2D eigenvalue weighted by Gasteiger charge is 2.37. The van der Waals surface area contributed by atoms with Crippen molar-refractivity contribution in [3.8, 4) is 0 Å². The van der Waals surface area contributed by atoms with E-state index in [4.69, 9.17) is 4.42 Å². The molecule has 21 heavy (non-hydrogen) atoms. The molecule has 2 heterocycles. The van der Waals surface area contributed by atoms with Gasteiger partial charge in [-0.1, -0.05) is 6.92 Å². The van der Waals surface area contributed by atoms with E-state index in [1.165, 1.54) is 6.07 Å². The van der Waals surface area contributed by atoms with Gasteiger partial charge in [0.1, 0.15) is 12.4 Å². The average molecular weight is 354 g/mol. The lowest BCUT2D eigenvalue weighted by molar-refractivity contribution is -0.114. The quantitative estimate of drug-likeness (QED) is 0.791. The molecule has 0 unspecified atom stereocenters. The average Bonchev–Trinajstić information content (AvgIpc) is 3.01. The molecule has 8 heteroatoms. The Morgan fingerprint density at radius 2 is 2.00 bits per heavy atom. The highest BCUT2D eigenvalue weighted by atomic mass is 79.9. The topological polar surface area (TPSA) is 76.3 Å². The number of Topliss-reactive ketones (excluding diaryl/α,β-unsaturated/α-hetero) is 1. The molecule has 0 atom stereocenters. The van der Waals surface area contributed by atoms with E-state index in [1.54, 1.807) is 0 Å². The smallest absolute Gasteiger partial charge is 0.299 e. The summed E-state index contributed by atoms with van der Waals surface area (Å²) in [6.07, 6.45) is 0.567. The van der Waals surface area contributed by atoms with E-state index in [0.29, 0.717) is 12.3 Å². The Morgan fingerprint density at radius 3 is 2.67 bits per heavy atom. The van der Waals surface area contributed by atoms with Crippen molar-refractivity contribution in [2.45, 2.75) is 19.9 Å². The Hall–Kier alpha value is -2.09. The van der Waals surface area contributed by atoms with Gasteiger partial charge in [0, 0.05) is 6.42 Å². The van der Waals surface area contributed by atoms with Gasteiger partial charge in [-0.05, 0) is 28.1 Å². The number of aryl methyl sites for hydroxylation is 1. The van der Waals surface area contributed by atoms with Gasteiger partial charge in [0.05, 0.1) is 15.7 Å². The number of halogens is 2. The first kappa shape index (κ1) is 13.9. The number of carbonyl (C=O) groups is 2. The number of rotatable bonds is 3. The lowest BCUT2D eigenvalue weighted by atomic mass is 10.1. The molecule has 6 nitrogen and oxygen atoms in total. The summed E-state index contributed by atoms with van der Waals surface area (Å²) in [5.41, 5.74) is 0.366. The van der Waals surface area contributed by atoms with Crippen LogP contribution >= 0.6 is 15.9 Å². The van der Waals surface area contributed by atoms with Crippen molar-refractivity contribution in [2.24, 2.45) is 0 Å². The molecule has 1 aliphatic heterocycles. The van der Waals surface area contributed by atoms with Gasteiger partial charge in [0.2, 0.25) is 11.8 Å². The van der Waals surface area contributed by atoms with Crippen LogP contribution in [0.3, 0.4) is 0 Å². The third kappa shape index (κ3) is 2.25. The summed E-state index contributed by atoms with van der Waals surface area (Å²) >= 11 is 3.00. The van der Waals surface area contributed by atoms with E-state index in [1.807, 2.05) is 6.92 Å². The first-order valence-corrected chi connectivity index (χ1v) is 6.97. The second-order valence-electron chi connectivity index (χ2n) is 4.45. The van der Waals surface area contributed by atoms with Crippen LogP contribution in [0.4, 0.5) is 10.1 Å². The Balaban J connectivity index is 1.99. The summed E-state index contributed by atoms with van der Waals surface area (Å²) in [5, 5.41) is 7.59. The van der Waals surface area contributed by atoms with E-state index in [2.05, 4.69) is 26.1 Å². The molecule has 0 saturated carbocycles. The van der Waals surface area contributed by atoms with Crippen LogP contribution in [0.5, 0.6) is 0 Å². The predicted molar refractivity (Wildman–Crippen MR) is 73.3 cm³/mol. The Labute approximate surface area is 127 Å². The normalized spacial score (nSPS) is 14.0. The molecule has 0 N–H and O–H groups in total. The van der Waals surface area contributed by atoms with Crippen molar-refractivity contribution >= 4 is 33.3 Å². The van der Waals surface area contributed by atoms with Gasteiger partial charge in [0.15, 0.2) is 0 Å². The van der Waals surface area contributed by atoms with Crippen molar-refractivity contribution in [3.63, 3.8) is 0 Å². The number of aromatic nitrogens is 2. The summed E-state index contributed by atoms with van der Waals surface area (Å²) in [4.78, 5) is 25.1. The van der Waals surface area contributed by atoms with Crippen molar-refractivity contribution in [3.05, 3.63) is 39.8 Å². The number of hydrogen-bond donors (Lipinski definition) is 0. The number of benzene rings is 1. The molecule has 0 aliphatic carbocycles. The van der Waals surface area contributed by atoms with Gasteiger partial charge in [-0.25, -0.2) is 4.39 Å². The van der Waals surface area contributed by atoms with Gasteiger partial charge < -0.3 is 4.42 Å². The summed E-state index contributed by atoms with van der Waals surface area (Å²) in [6.45, 7) is 1.79. The predicted octanol–water partition coefficient (Wildman–Crippen LogP) is 2.26. The molecule has 2 aromatic rings. The van der Waals surface area contributed by atoms with Crippen LogP contribution < -0.4 is 4.90 Å². The van der Waals surface area contributed by atoms with Crippen LogP contribution in [-0.4, -0.2) is 21.9 Å². The number of anilines is 1. The lowest BCUT2D eigenvalue weighted by Crippen LogP contribution is -2.29. The van der Waals surface area contributed by atoms with E-state index in [-0.39, 0.29) is 28.2 Å². The van der Waals surface area contributed by atoms with Crippen LogP contribution in [0.1, 0.15) is 29.1 Å². The SMILES string of the molecule is CCc1nnc(CN2C(=O)C(=O)c3cc(Br)c(F)cc32)o1. The number of nitrogens with zero attached hydrogens (tertiary/aromatic N) is 3. The second kappa shape index (κ2) is 5.03. The summed E-state index contributed by atoms with van der Waals surface area (Å²) < 4.78 is 19.1. The van der Waals surface area contributed by atoms with E-state index < -0.39 is 17.5 Å². The van der Waals surface area contributed by atoms with Crippen LogP contribution in [0.2, 0.25) is 0 Å². The summed E-state index contributed by atoms with van der Waals surface area (Å²) in [5.74, 6) is -1.34. The Kier molecular flexibility index (Phi) is 3.32. The molecule has 0 saturated heterocycles. The lowest BCUT2D eigenvalue weighted by Gasteiger charge is -2.14. The van der Waals surface area contributed by atoms with E-state index in [0.717, 1.165) is 11.0 Å². The minimum absolute atomic E-state index is 0.0638. The zero-order chi connectivity index (χ0) is 15.1. The molecule has 3 rings (SSSR count). The van der Waals surface area contributed by atoms with Gasteiger partial charge in [-0.2, -0.15) is 0 Å². The monoisotopic (exact) mass is 353 g/mol. The molecule has 1 aliphatic rings. The zero-order valence-electron chi connectivity index (χ0n) is 10.9. The second-order valence-corrected chi connectivity index (χ2v) is 5.30. The Bertz CT molecular complexity index is 759. The van der Waals surface area contributed by atoms with Crippen molar-refractivity contribution in [2.75, 3.05) is 4.90 Å². The molecule has 1 amide bonds. The maximum Gasteiger partial charge on any atom is 0.299 e. The molecule has 108 valence electrons. The van der Waals surface area contributed by atoms with E-state index >= 15 is 0 Å². The minimum Gasteiger partial charge on any atom is -0.423 e. The van der Waals surface area contributed by atoms with Crippen molar-refractivity contribution < 1.29 is 18.4 Å². The minimum atomic E-state index is -0.737. The molecule has 1 aromatic heterocycles. The van der Waals surface area contributed by atoms with Gasteiger partial charge in [-0.15, -0.1) is 10.2 Å². The summed E-state index contributed by atoms with van der Waals surface area (Å²) in [6, 6.07) is 2.44. The largest absolute Gasteiger partial charge is 0.423 e. The van der Waals surface area contributed by atoms with Crippen LogP contribution in [0.25, 0.3) is 0 Å². The van der Waals surface area contributed by atoms with Crippen LogP contribution in [-0.2, 0) is 17.8 Å². The Morgan fingerprint density at radius 1 is 1.29 bits per heavy atom. The molecule has 1 aromatic carbocycles. The number of hydrogen-bond acceptors (Lipinski definition) is 5. The third-order valence-electron chi connectivity index (χ3n) is 3.12. The maximum atomic E-state index is 13.7. The number of carbonyl (C=O) groups excluding carboxylic acids is 2. The van der Waals surface area contributed by atoms with Crippen LogP contribution in [0, 0.1) is 5.82 Å². The van der Waals surface area contributed by atoms with Crippen LogP contribution in [0.15, 0.2) is 21.0 Å². The summed E-state index contributed by atoms with van der Waals surface area (Å²) in [7, 11) is 0. The van der Waals surface area contributed by atoms with Gasteiger partial charge in [0.25, 0.3) is 11.7 Å². The first-order valence-electron chi connectivity index (χ1n) is 6.17. The standard InChI is InChI=1S/C13H9BrFN3O3/c1-2-10-16-17-11(21-10)5-18-9-4-8(15)7(14)3-6(9)12(19)13(18)20/h3-4H,2,5H2,1H3. The molecule has 0 spiro atoms. The molecular formula is C13H9BrFN3O3. The fourth-order valence-electron chi connectivity index (χ4n) is 2.08. The number of fused-ring (bicyclic) bond motifs is 1. The zero-order valence-corrected chi connectivity index (χ0v) is 12.5. The third-order valence-corrected chi connectivity index (χ3v) is 3.73. The number of amides is 1. The highest BCUT2D eigenvalue weighted by Crippen LogP contribution is 2.34. The van der Waals surface area contributed by atoms with Gasteiger partial charge in [-0.3, -0.25) is 14.5 Å². The molecular weight excluding hydrogens is 345 g/mol. The molecule has 0 fully saturated rings. The van der Waals surface area contributed by atoms with Crippen molar-refractivity contribution in [1.82, 2.24) is 10.2 Å². The molecule has 0 bridgehead atoms. The van der Waals surface area contributed by atoms with Gasteiger partial charge >= 0.3 is 0 Å². The fraction of sp³-hybridized carbons (Fsp3) is 0.231.